The zero-order valence-corrected chi connectivity index (χ0v) is 15.1. The highest BCUT2D eigenvalue weighted by atomic mass is 32.1. The average Bonchev–Trinajstić information content (AvgIpc) is 3.15. The van der Waals surface area contributed by atoms with Gasteiger partial charge in [0, 0.05) is 32.1 Å². The molecule has 2 heterocycles. The van der Waals surface area contributed by atoms with E-state index >= 15 is 0 Å². The maximum atomic E-state index is 12.3. The second-order valence-electron chi connectivity index (χ2n) is 5.83. The Bertz CT molecular complexity index is 562. The van der Waals surface area contributed by atoms with Crippen LogP contribution in [0.15, 0.2) is 17.5 Å². The summed E-state index contributed by atoms with van der Waals surface area (Å²) in [6.45, 7) is 6.35. The summed E-state index contributed by atoms with van der Waals surface area (Å²) < 4.78 is 0. The van der Waals surface area contributed by atoms with E-state index in [0.29, 0.717) is 39.0 Å². The molecular weight excluding hydrogens is 326 g/mol. The van der Waals surface area contributed by atoms with E-state index in [2.05, 4.69) is 5.32 Å². The third kappa shape index (κ3) is 4.56. The van der Waals surface area contributed by atoms with Crippen molar-refractivity contribution in [2.24, 2.45) is 5.92 Å². The van der Waals surface area contributed by atoms with Crippen molar-refractivity contribution in [3.05, 3.63) is 22.4 Å². The van der Waals surface area contributed by atoms with Crippen molar-refractivity contribution >= 4 is 29.1 Å². The van der Waals surface area contributed by atoms with E-state index < -0.39 is 0 Å². The Morgan fingerprint density at radius 1 is 1.25 bits per heavy atom. The van der Waals surface area contributed by atoms with Crippen LogP contribution in [-0.2, 0) is 9.59 Å². The van der Waals surface area contributed by atoms with Gasteiger partial charge in [-0.05, 0) is 38.1 Å². The van der Waals surface area contributed by atoms with Crippen LogP contribution in [0, 0.1) is 5.92 Å². The van der Waals surface area contributed by atoms with Gasteiger partial charge in [-0.2, -0.15) is 0 Å². The van der Waals surface area contributed by atoms with Gasteiger partial charge in [0.05, 0.1) is 11.4 Å². The predicted octanol–water partition coefficient (Wildman–Crippen LogP) is 1.58. The fourth-order valence-electron chi connectivity index (χ4n) is 2.90. The second kappa shape index (κ2) is 8.82. The van der Waals surface area contributed by atoms with E-state index in [1.54, 1.807) is 9.80 Å². The first-order chi connectivity index (χ1) is 11.6. The molecule has 0 aliphatic carbocycles. The Labute approximate surface area is 146 Å². The third-order valence-corrected chi connectivity index (χ3v) is 5.27. The summed E-state index contributed by atoms with van der Waals surface area (Å²) in [6, 6.07) is 3.69. The number of carbonyl (C=O) groups excluding carboxylic acids is 3. The number of hydrogen-bond donors (Lipinski definition) is 1. The molecule has 24 heavy (non-hydrogen) atoms. The van der Waals surface area contributed by atoms with E-state index in [9.17, 15) is 14.4 Å². The fourth-order valence-corrected chi connectivity index (χ4v) is 3.59. The van der Waals surface area contributed by atoms with Crippen molar-refractivity contribution in [2.75, 3.05) is 32.7 Å². The molecule has 1 N–H and O–H groups in total. The number of piperidine rings is 1. The van der Waals surface area contributed by atoms with Crippen LogP contribution in [-0.4, -0.2) is 60.2 Å². The second-order valence-corrected chi connectivity index (χ2v) is 6.78. The standard InChI is InChI=1S/C17H25N3O3S/c1-3-19(4-2)15(21)12-18-16(22)13-7-9-20(10-8-13)17(23)14-6-5-11-24-14/h5-6,11,13H,3-4,7-10,12H2,1-2H3,(H,18,22). The Balaban J connectivity index is 1.76. The minimum absolute atomic E-state index is 0.0422. The highest BCUT2D eigenvalue weighted by Gasteiger charge is 2.28. The minimum Gasteiger partial charge on any atom is -0.347 e. The van der Waals surface area contributed by atoms with Crippen molar-refractivity contribution in [1.82, 2.24) is 15.1 Å². The summed E-state index contributed by atoms with van der Waals surface area (Å²) >= 11 is 1.44. The van der Waals surface area contributed by atoms with Crippen molar-refractivity contribution in [1.29, 1.82) is 0 Å². The van der Waals surface area contributed by atoms with Crippen LogP contribution < -0.4 is 5.32 Å². The molecule has 1 fully saturated rings. The number of amides is 3. The normalized spacial score (nSPS) is 15.2. The van der Waals surface area contributed by atoms with Gasteiger partial charge in [-0.15, -0.1) is 11.3 Å². The Hall–Kier alpha value is -1.89. The number of nitrogens with one attached hydrogen (secondary N) is 1. The molecule has 3 amide bonds. The van der Waals surface area contributed by atoms with Gasteiger partial charge in [-0.1, -0.05) is 6.07 Å². The molecule has 1 aliphatic rings. The number of likely N-dealkylation sites (tertiary alicyclic amines) is 1. The molecule has 0 spiro atoms. The first kappa shape index (κ1) is 18.4. The molecule has 0 bridgehead atoms. The number of carbonyl (C=O) groups is 3. The molecule has 1 aromatic rings. The predicted molar refractivity (Wildman–Crippen MR) is 93.9 cm³/mol. The summed E-state index contributed by atoms with van der Waals surface area (Å²) in [6.07, 6.45) is 1.28. The number of hydrogen-bond acceptors (Lipinski definition) is 4. The van der Waals surface area contributed by atoms with Crippen molar-refractivity contribution in [3.8, 4) is 0 Å². The van der Waals surface area contributed by atoms with Crippen molar-refractivity contribution in [2.45, 2.75) is 26.7 Å². The molecule has 0 atom stereocenters. The Kier molecular flexibility index (Phi) is 6.78. The third-order valence-electron chi connectivity index (χ3n) is 4.41. The lowest BCUT2D eigenvalue weighted by molar-refractivity contribution is -0.134. The molecule has 0 radical (unpaired) electrons. The monoisotopic (exact) mass is 351 g/mol. The lowest BCUT2D eigenvalue weighted by Gasteiger charge is -2.31. The number of likely N-dealkylation sites (N-methyl/N-ethyl adjacent to an activating group) is 1. The van der Waals surface area contributed by atoms with Crippen LogP contribution in [0.3, 0.4) is 0 Å². The Morgan fingerprint density at radius 3 is 2.46 bits per heavy atom. The molecule has 0 unspecified atom stereocenters. The molecule has 1 saturated heterocycles. The van der Waals surface area contributed by atoms with Gasteiger partial charge in [0.1, 0.15) is 0 Å². The number of nitrogens with zero attached hydrogens (tertiary/aromatic N) is 2. The van der Waals surface area contributed by atoms with Crippen LogP contribution >= 0.6 is 11.3 Å². The maximum Gasteiger partial charge on any atom is 0.263 e. The molecule has 0 saturated carbocycles. The van der Waals surface area contributed by atoms with Crippen molar-refractivity contribution in [3.63, 3.8) is 0 Å². The quantitative estimate of drug-likeness (QED) is 0.846. The van der Waals surface area contributed by atoms with E-state index in [1.807, 2.05) is 31.4 Å². The largest absolute Gasteiger partial charge is 0.347 e. The highest BCUT2D eigenvalue weighted by Crippen LogP contribution is 2.20. The minimum atomic E-state index is -0.123. The van der Waals surface area contributed by atoms with Gasteiger partial charge in [0.2, 0.25) is 11.8 Å². The lowest BCUT2D eigenvalue weighted by Crippen LogP contribution is -2.45. The van der Waals surface area contributed by atoms with E-state index in [0.717, 1.165) is 4.88 Å². The zero-order chi connectivity index (χ0) is 17.5. The van der Waals surface area contributed by atoms with Gasteiger partial charge in [0.15, 0.2) is 0 Å². The summed E-state index contributed by atoms with van der Waals surface area (Å²) in [4.78, 5) is 40.7. The first-order valence-corrected chi connectivity index (χ1v) is 9.33. The smallest absolute Gasteiger partial charge is 0.263 e. The molecule has 7 heteroatoms. The van der Waals surface area contributed by atoms with Gasteiger partial charge < -0.3 is 15.1 Å². The van der Waals surface area contributed by atoms with E-state index in [1.165, 1.54) is 11.3 Å². The van der Waals surface area contributed by atoms with Crippen LogP contribution in [0.1, 0.15) is 36.4 Å². The Morgan fingerprint density at radius 2 is 1.92 bits per heavy atom. The van der Waals surface area contributed by atoms with Crippen LogP contribution in [0.5, 0.6) is 0 Å². The highest BCUT2D eigenvalue weighted by molar-refractivity contribution is 7.12. The first-order valence-electron chi connectivity index (χ1n) is 8.45. The molecule has 0 aromatic carbocycles. The van der Waals surface area contributed by atoms with Gasteiger partial charge in [-0.3, -0.25) is 14.4 Å². The van der Waals surface area contributed by atoms with Crippen LogP contribution in [0.4, 0.5) is 0 Å². The van der Waals surface area contributed by atoms with Gasteiger partial charge >= 0.3 is 0 Å². The van der Waals surface area contributed by atoms with E-state index in [-0.39, 0.29) is 30.2 Å². The maximum absolute atomic E-state index is 12.3. The lowest BCUT2D eigenvalue weighted by atomic mass is 9.96. The SMILES string of the molecule is CCN(CC)C(=O)CNC(=O)C1CCN(C(=O)c2cccs2)CC1. The van der Waals surface area contributed by atoms with Gasteiger partial charge in [-0.25, -0.2) is 0 Å². The summed E-state index contributed by atoms with van der Waals surface area (Å²) in [5.41, 5.74) is 0. The zero-order valence-electron chi connectivity index (χ0n) is 14.3. The number of rotatable bonds is 6. The average molecular weight is 351 g/mol. The summed E-state index contributed by atoms with van der Waals surface area (Å²) in [7, 11) is 0. The molecular formula is C17H25N3O3S. The summed E-state index contributed by atoms with van der Waals surface area (Å²) in [5, 5.41) is 4.63. The fraction of sp³-hybridized carbons (Fsp3) is 0.588. The molecule has 6 nitrogen and oxygen atoms in total. The molecule has 1 aromatic heterocycles. The number of thiophene rings is 1. The van der Waals surface area contributed by atoms with Gasteiger partial charge in [0.25, 0.3) is 5.91 Å². The molecule has 1 aliphatic heterocycles. The van der Waals surface area contributed by atoms with Crippen molar-refractivity contribution < 1.29 is 14.4 Å². The van der Waals surface area contributed by atoms with Crippen LogP contribution in [0.25, 0.3) is 0 Å². The van der Waals surface area contributed by atoms with E-state index in [4.69, 9.17) is 0 Å². The summed E-state index contributed by atoms with van der Waals surface area (Å²) in [5.74, 6) is -0.222. The molecule has 2 rings (SSSR count). The molecule has 132 valence electrons. The van der Waals surface area contributed by atoms with Crippen LogP contribution in [0.2, 0.25) is 0 Å². The topological polar surface area (TPSA) is 69.7 Å².